The van der Waals surface area contributed by atoms with Crippen molar-refractivity contribution in [1.29, 1.82) is 0 Å². The second-order valence-corrected chi connectivity index (χ2v) is 7.89. The third kappa shape index (κ3) is 3.84. The predicted molar refractivity (Wildman–Crippen MR) is 96.8 cm³/mol. The summed E-state index contributed by atoms with van der Waals surface area (Å²) in [5.41, 5.74) is 2.31. The molecule has 0 radical (unpaired) electrons. The van der Waals surface area contributed by atoms with Crippen LogP contribution in [-0.4, -0.2) is 48.8 Å². The fourth-order valence-corrected chi connectivity index (χ4v) is 4.78. The zero-order valence-corrected chi connectivity index (χ0v) is 15.4. The van der Waals surface area contributed by atoms with Crippen LogP contribution in [0.5, 0.6) is 0 Å². The zero-order valence-electron chi connectivity index (χ0n) is 14.6. The first-order valence-corrected chi connectivity index (χ1v) is 9.77. The van der Waals surface area contributed by atoms with Crippen LogP contribution >= 0.6 is 0 Å². The third-order valence-electron chi connectivity index (χ3n) is 4.27. The second-order valence-electron chi connectivity index (χ2n) is 6.01. The lowest BCUT2D eigenvalue weighted by molar-refractivity contribution is 0.0730. The van der Waals surface area contributed by atoms with Crippen molar-refractivity contribution < 1.29 is 13.2 Å². The average Bonchev–Trinajstić information content (AvgIpc) is 2.91. The van der Waals surface area contributed by atoms with E-state index in [0.717, 1.165) is 5.56 Å². The largest absolute Gasteiger partial charge is 0.379 e. The minimum absolute atomic E-state index is 0.322. The molecule has 134 valence electrons. The third-order valence-corrected chi connectivity index (χ3v) is 6.42. The van der Waals surface area contributed by atoms with E-state index in [9.17, 15) is 8.42 Å². The molecule has 1 aromatic carbocycles. The molecule has 0 spiro atoms. The van der Waals surface area contributed by atoms with Gasteiger partial charge in [0.05, 0.1) is 31.1 Å². The van der Waals surface area contributed by atoms with Gasteiger partial charge < -0.3 is 4.74 Å². The van der Waals surface area contributed by atoms with Crippen molar-refractivity contribution in [3.63, 3.8) is 0 Å². The summed E-state index contributed by atoms with van der Waals surface area (Å²) in [7, 11) is -3.53. The zero-order chi connectivity index (χ0) is 17.9. The molecule has 1 aliphatic rings. The molecular formula is C18H23N3O3S. The summed E-state index contributed by atoms with van der Waals surface area (Å²) in [6.07, 6.45) is 3.99. The van der Waals surface area contributed by atoms with E-state index in [1.807, 2.05) is 49.4 Å². The molecule has 1 aliphatic heterocycles. The van der Waals surface area contributed by atoms with Gasteiger partial charge in [-0.3, -0.25) is 4.68 Å². The predicted octanol–water partition coefficient (Wildman–Crippen LogP) is 2.23. The first-order valence-electron chi connectivity index (χ1n) is 8.33. The smallest absolute Gasteiger partial charge is 0.246 e. The van der Waals surface area contributed by atoms with Crippen molar-refractivity contribution in [1.82, 2.24) is 14.1 Å². The van der Waals surface area contributed by atoms with Crippen LogP contribution in [0, 0.1) is 13.8 Å². The van der Waals surface area contributed by atoms with Gasteiger partial charge in [0.25, 0.3) is 0 Å². The van der Waals surface area contributed by atoms with Crippen molar-refractivity contribution in [3.05, 3.63) is 53.4 Å². The molecule has 2 heterocycles. The first kappa shape index (κ1) is 17.8. The number of aromatic nitrogens is 2. The molecule has 7 heteroatoms. The summed E-state index contributed by atoms with van der Waals surface area (Å²) in [6, 6.07) is 9.98. The summed E-state index contributed by atoms with van der Waals surface area (Å²) in [4.78, 5) is 0.322. The molecule has 0 unspecified atom stereocenters. The van der Waals surface area contributed by atoms with Crippen molar-refractivity contribution >= 4 is 16.1 Å². The number of nitrogens with zero attached hydrogens (tertiary/aromatic N) is 3. The van der Waals surface area contributed by atoms with Gasteiger partial charge in [-0.25, -0.2) is 8.42 Å². The van der Waals surface area contributed by atoms with Gasteiger partial charge in [-0.05, 0) is 19.4 Å². The van der Waals surface area contributed by atoms with Crippen LogP contribution in [0.15, 0.2) is 41.3 Å². The molecule has 0 atom stereocenters. The minimum Gasteiger partial charge on any atom is -0.379 e. The Labute approximate surface area is 148 Å². The number of aryl methyl sites for hydroxylation is 1. The maximum absolute atomic E-state index is 12.9. The van der Waals surface area contributed by atoms with Crippen LogP contribution in [0.4, 0.5) is 0 Å². The lowest BCUT2D eigenvalue weighted by Crippen LogP contribution is -2.41. The normalized spacial score (nSPS) is 16.6. The second kappa shape index (κ2) is 7.51. The maximum atomic E-state index is 12.9. The molecule has 1 fully saturated rings. The van der Waals surface area contributed by atoms with E-state index in [1.165, 1.54) is 4.31 Å². The monoisotopic (exact) mass is 361 g/mol. The van der Waals surface area contributed by atoms with E-state index in [2.05, 4.69) is 5.10 Å². The summed E-state index contributed by atoms with van der Waals surface area (Å²) < 4.78 is 34.4. The molecule has 1 aromatic heterocycles. The van der Waals surface area contributed by atoms with Gasteiger partial charge in [0.15, 0.2) is 0 Å². The summed E-state index contributed by atoms with van der Waals surface area (Å²) in [6.45, 7) is 5.73. The fourth-order valence-electron chi connectivity index (χ4n) is 3.00. The quantitative estimate of drug-likeness (QED) is 0.819. The van der Waals surface area contributed by atoms with Gasteiger partial charge in [0, 0.05) is 13.1 Å². The molecular weight excluding hydrogens is 338 g/mol. The van der Waals surface area contributed by atoms with Crippen LogP contribution in [0.1, 0.15) is 17.0 Å². The van der Waals surface area contributed by atoms with Gasteiger partial charge in [-0.1, -0.05) is 42.5 Å². The molecule has 0 amide bonds. The number of hydrogen-bond donors (Lipinski definition) is 0. The van der Waals surface area contributed by atoms with Gasteiger partial charge in [-0.15, -0.1) is 0 Å². The molecule has 0 N–H and O–H groups in total. The number of rotatable bonds is 5. The number of morpholine rings is 1. The topological polar surface area (TPSA) is 64.4 Å². The summed E-state index contributed by atoms with van der Waals surface area (Å²) >= 11 is 0. The number of hydrogen-bond acceptors (Lipinski definition) is 4. The highest BCUT2D eigenvalue weighted by Crippen LogP contribution is 2.24. The molecule has 6 nitrogen and oxygen atoms in total. The minimum atomic E-state index is -3.53. The molecule has 1 saturated heterocycles. The highest BCUT2D eigenvalue weighted by Gasteiger charge is 2.31. The highest BCUT2D eigenvalue weighted by atomic mass is 32.2. The van der Waals surface area contributed by atoms with Crippen LogP contribution in [0.3, 0.4) is 0 Å². The molecule has 25 heavy (non-hydrogen) atoms. The van der Waals surface area contributed by atoms with Crippen LogP contribution in [-0.2, 0) is 21.3 Å². The number of ether oxygens (including phenoxy) is 1. The van der Waals surface area contributed by atoms with E-state index < -0.39 is 10.0 Å². The molecule has 0 aliphatic carbocycles. The highest BCUT2D eigenvalue weighted by molar-refractivity contribution is 7.89. The van der Waals surface area contributed by atoms with E-state index in [0.29, 0.717) is 49.1 Å². The lowest BCUT2D eigenvalue weighted by Gasteiger charge is -2.26. The molecule has 2 aromatic rings. The Morgan fingerprint density at radius 1 is 1.16 bits per heavy atom. The van der Waals surface area contributed by atoms with E-state index in [1.54, 1.807) is 11.6 Å². The lowest BCUT2D eigenvalue weighted by atomic mass is 10.2. The van der Waals surface area contributed by atoms with Crippen molar-refractivity contribution in [2.45, 2.75) is 25.3 Å². The Morgan fingerprint density at radius 2 is 1.84 bits per heavy atom. The van der Waals surface area contributed by atoms with E-state index in [4.69, 9.17) is 4.74 Å². The summed E-state index contributed by atoms with van der Waals surface area (Å²) in [5, 5.41) is 4.43. The Kier molecular flexibility index (Phi) is 5.36. The maximum Gasteiger partial charge on any atom is 0.246 e. The molecule has 0 saturated carbocycles. The van der Waals surface area contributed by atoms with Crippen molar-refractivity contribution in [3.8, 4) is 0 Å². The number of benzene rings is 1. The van der Waals surface area contributed by atoms with Crippen LogP contribution in [0.2, 0.25) is 0 Å². The first-order chi connectivity index (χ1) is 12.0. The Morgan fingerprint density at radius 3 is 2.52 bits per heavy atom. The van der Waals surface area contributed by atoms with Crippen LogP contribution in [0.25, 0.3) is 6.08 Å². The Balaban J connectivity index is 1.82. The van der Waals surface area contributed by atoms with Gasteiger partial charge in [0.1, 0.15) is 4.90 Å². The van der Waals surface area contributed by atoms with Crippen molar-refractivity contribution in [2.75, 3.05) is 26.3 Å². The van der Waals surface area contributed by atoms with E-state index >= 15 is 0 Å². The summed E-state index contributed by atoms with van der Waals surface area (Å²) in [5.74, 6) is 0. The SMILES string of the molecule is Cc1nn(CC=Cc2ccccc2)c(C)c1S(=O)(=O)N1CCOCC1. The van der Waals surface area contributed by atoms with Gasteiger partial charge >= 0.3 is 0 Å². The number of allylic oxidation sites excluding steroid dienone is 1. The standard InChI is InChI=1S/C18H23N3O3S/c1-15-18(25(22,23)20-11-13-24-14-12-20)16(2)21(19-15)10-6-9-17-7-4-3-5-8-17/h3-9H,10-14H2,1-2H3. The molecule has 0 bridgehead atoms. The van der Waals surface area contributed by atoms with E-state index in [-0.39, 0.29) is 0 Å². The Bertz CT molecular complexity index is 851. The van der Waals surface area contributed by atoms with Gasteiger partial charge in [-0.2, -0.15) is 9.40 Å². The van der Waals surface area contributed by atoms with Crippen molar-refractivity contribution in [2.24, 2.45) is 0 Å². The fraction of sp³-hybridized carbons (Fsp3) is 0.389. The van der Waals surface area contributed by atoms with Crippen LogP contribution < -0.4 is 0 Å². The van der Waals surface area contributed by atoms with Gasteiger partial charge in [0.2, 0.25) is 10.0 Å². The number of sulfonamides is 1. The Hall–Kier alpha value is -1.96. The molecule has 3 rings (SSSR count). The average molecular weight is 361 g/mol.